The number of benzene rings is 1. The van der Waals surface area contributed by atoms with Crippen LogP contribution in [-0.2, 0) is 11.2 Å². The smallest absolute Gasteiger partial charge is 0.224 e. The molecule has 0 saturated carbocycles. The Labute approximate surface area is 113 Å². The van der Waals surface area contributed by atoms with E-state index in [2.05, 4.69) is 5.32 Å². The summed E-state index contributed by atoms with van der Waals surface area (Å²) in [4.78, 5) is 11.8. The second kappa shape index (κ2) is 6.10. The van der Waals surface area contributed by atoms with Crippen LogP contribution in [0.4, 0.5) is 0 Å². The molecule has 3 nitrogen and oxygen atoms in total. The summed E-state index contributed by atoms with van der Waals surface area (Å²) in [5.74, 6) is 0.694. The van der Waals surface area contributed by atoms with Crippen LogP contribution in [0.5, 0.6) is 5.75 Å². The predicted octanol–water partition coefficient (Wildman–Crippen LogP) is 3.03. The first-order valence-corrected chi connectivity index (χ1v) is 6.36. The molecule has 0 radical (unpaired) electrons. The quantitative estimate of drug-likeness (QED) is 0.912. The number of carbonyl (C=O) groups is 1. The van der Waals surface area contributed by atoms with Crippen molar-refractivity contribution in [1.82, 2.24) is 5.32 Å². The minimum atomic E-state index is -0.0219. The average molecular weight is 270 g/mol. The van der Waals surface area contributed by atoms with Crippen molar-refractivity contribution < 1.29 is 9.53 Å². The summed E-state index contributed by atoms with van der Waals surface area (Å²) in [6.45, 7) is 7.71. The predicted molar refractivity (Wildman–Crippen MR) is 74.5 cm³/mol. The lowest BCUT2D eigenvalue weighted by molar-refractivity contribution is -0.120. The number of carbonyl (C=O) groups excluding carboxylic acids is 1. The molecule has 18 heavy (non-hydrogen) atoms. The van der Waals surface area contributed by atoms with Crippen molar-refractivity contribution in [3.05, 3.63) is 27.8 Å². The number of rotatable bonds is 4. The maximum Gasteiger partial charge on any atom is 0.224 e. The maximum atomic E-state index is 11.8. The van der Waals surface area contributed by atoms with Crippen LogP contribution in [0.25, 0.3) is 0 Å². The van der Waals surface area contributed by atoms with Gasteiger partial charge in [0.25, 0.3) is 0 Å². The largest absolute Gasteiger partial charge is 0.496 e. The molecule has 1 aromatic rings. The summed E-state index contributed by atoms with van der Waals surface area (Å²) >= 11 is 6.21. The molecule has 0 aromatic heterocycles. The fourth-order valence-electron chi connectivity index (χ4n) is 1.90. The number of hydrogen-bond acceptors (Lipinski definition) is 2. The highest BCUT2D eigenvalue weighted by atomic mass is 35.5. The molecule has 0 saturated heterocycles. The van der Waals surface area contributed by atoms with Gasteiger partial charge in [0.15, 0.2) is 0 Å². The van der Waals surface area contributed by atoms with E-state index < -0.39 is 0 Å². The maximum absolute atomic E-state index is 11.8. The highest BCUT2D eigenvalue weighted by molar-refractivity contribution is 6.32. The van der Waals surface area contributed by atoms with Crippen LogP contribution in [0.2, 0.25) is 5.02 Å². The van der Waals surface area contributed by atoms with Gasteiger partial charge in [-0.1, -0.05) is 11.6 Å². The molecule has 0 heterocycles. The summed E-state index contributed by atoms with van der Waals surface area (Å²) in [7, 11) is 1.60. The molecule has 0 aliphatic rings. The number of nitrogens with one attached hydrogen (secondary N) is 1. The summed E-state index contributed by atoms with van der Waals surface area (Å²) in [6.07, 6.45) is 0.285. The Kier molecular flexibility index (Phi) is 5.03. The second-order valence-corrected chi connectivity index (χ2v) is 5.09. The van der Waals surface area contributed by atoms with Crippen molar-refractivity contribution in [2.75, 3.05) is 7.11 Å². The summed E-state index contributed by atoms with van der Waals surface area (Å²) in [5, 5.41) is 3.56. The van der Waals surface area contributed by atoms with Gasteiger partial charge in [0, 0.05) is 16.6 Å². The van der Waals surface area contributed by atoms with E-state index >= 15 is 0 Å². The van der Waals surface area contributed by atoms with Crippen LogP contribution < -0.4 is 10.1 Å². The highest BCUT2D eigenvalue weighted by Gasteiger charge is 2.16. The van der Waals surface area contributed by atoms with E-state index in [4.69, 9.17) is 16.3 Å². The molecule has 0 aliphatic heterocycles. The van der Waals surface area contributed by atoms with Gasteiger partial charge in [-0.2, -0.15) is 0 Å². The molecule has 0 spiro atoms. The van der Waals surface area contributed by atoms with Crippen LogP contribution in [0.15, 0.2) is 6.07 Å². The molecule has 0 bridgehead atoms. The van der Waals surface area contributed by atoms with Gasteiger partial charge in [0.05, 0.1) is 13.5 Å². The Morgan fingerprint density at radius 1 is 1.44 bits per heavy atom. The van der Waals surface area contributed by atoms with Crippen molar-refractivity contribution >= 4 is 17.5 Å². The second-order valence-electron chi connectivity index (χ2n) is 4.71. The Hall–Kier alpha value is -1.22. The average Bonchev–Trinajstić information content (AvgIpc) is 2.28. The number of halogens is 1. The molecule has 1 amide bonds. The number of ether oxygens (including phenoxy) is 1. The Morgan fingerprint density at radius 3 is 2.56 bits per heavy atom. The van der Waals surface area contributed by atoms with Crippen LogP contribution in [-0.4, -0.2) is 19.1 Å². The number of amides is 1. The zero-order valence-electron chi connectivity index (χ0n) is 11.6. The lowest BCUT2D eigenvalue weighted by Gasteiger charge is -2.16. The molecule has 0 unspecified atom stereocenters. The lowest BCUT2D eigenvalue weighted by atomic mass is 10.0. The number of aryl methyl sites for hydroxylation is 1. The van der Waals surface area contributed by atoms with Gasteiger partial charge in [-0.15, -0.1) is 0 Å². The van der Waals surface area contributed by atoms with Crippen LogP contribution >= 0.6 is 11.6 Å². The minimum absolute atomic E-state index is 0.0219. The molecule has 1 rings (SSSR count). The van der Waals surface area contributed by atoms with Gasteiger partial charge in [-0.25, -0.2) is 0 Å². The monoisotopic (exact) mass is 269 g/mol. The van der Waals surface area contributed by atoms with E-state index in [1.54, 1.807) is 7.11 Å². The van der Waals surface area contributed by atoms with E-state index in [0.29, 0.717) is 10.8 Å². The zero-order chi connectivity index (χ0) is 13.9. The first-order chi connectivity index (χ1) is 8.36. The third-order valence-electron chi connectivity index (χ3n) is 2.78. The molecule has 0 fully saturated rings. The molecular formula is C14H20ClNO2. The Balaban J connectivity index is 3.07. The minimum Gasteiger partial charge on any atom is -0.496 e. The van der Waals surface area contributed by atoms with E-state index in [1.165, 1.54) is 0 Å². The summed E-state index contributed by atoms with van der Waals surface area (Å²) in [5.41, 5.74) is 2.72. The van der Waals surface area contributed by atoms with Crippen molar-refractivity contribution in [2.24, 2.45) is 0 Å². The Morgan fingerprint density at radius 2 is 2.06 bits per heavy atom. The third kappa shape index (κ3) is 3.39. The van der Waals surface area contributed by atoms with Gasteiger partial charge in [0.2, 0.25) is 5.91 Å². The fraction of sp³-hybridized carbons (Fsp3) is 0.500. The third-order valence-corrected chi connectivity index (χ3v) is 3.36. The van der Waals surface area contributed by atoms with Crippen molar-refractivity contribution in [3.63, 3.8) is 0 Å². The molecular weight excluding hydrogens is 250 g/mol. The number of methoxy groups -OCH3 is 1. The first-order valence-electron chi connectivity index (χ1n) is 5.98. The van der Waals surface area contributed by atoms with E-state index in [9.17, 15) is 4.79 Å². The Bertz CT molecular complexity index is 456. The van der Waals surface area contributed by atoms with Crippen LogP contribution in [0.3, 0.4) is 0 Å². The normalized spacial score (nSPS) is 10.6. The van der Waals surface area contributed by atoms with Gasteiger partial charge < -0.3 is 10.1 Å². The SMILES string of the molecule is COc1cc(C)c(Cl)c(C)c1CC(=O)NC(C)C. The molecule has 1 N–H and O–H groups in total. The fourth-order valence-corrected chi connectivity index (χ4v) is 2.06. The van der Waals surface area contributed by atoms with E-state index in [0.717, 1.165) is 16.7 Å². The zero-order valence-corrected chi connectivity index (χ0v) is 12.3. The van der Waals surface area contributed by atoms with Crippen molar-refractivity contribution in [1.29, 1.82) is 0 Å². The van der Waals surface area contributed by atoms with Gasteiger partial charge in [-0.3, -0.25) is 4.79 Å². The van der Waals surface area contributed by atoms with Crippen LogP contribution in [0.1, 0.15) is 30.5 Å². The summed E-state index contributed by atoms with van der Waals surface area (Å²) < 4.78 is 5.33. The van der Waals surface area contributed by atoms with Crippen molar-refractivity contribution in [2.45, 2.75) is 40.2 Å². The molecule has 4 heteroatoms. The molecule has 1 aromatic carbocycles. The van der Waals surface area contributed by atoms with Gasteiger partial charge in [-0.05, 0) is 44.9 Å². The van der Waals surface area contributed by atoms with E-state index in [-0.39, 0.29) is 18.4 Å². The highest BCUT2D eigenvalue weighted by Crippen LogP contribution is 2.31. The molecule has 0 atom stereocenters. The van der Waals surface area contributed by atoms with Crippen molar-refractivity contribution in [3.8, 4) is 5.75 Å². The topological polar surface area (TPSA) is 38.3 Å². The standard InChI is InChI=1S/C14H20ClNO2/c1-8(2)16-13(17)7-11-10(4)14(15)9(3)6-12(11)18-5/h6,8H,7H2,1-5H3,(H,16,17). The molecule has 0 aliphatic carbocycles. The van der Waals surface area contributed by atoms with E-state index in [1.807, 2.05) is 33.8 Å². The lowest BCUT2D eigenvalue weighted by Crippen LogP contribution is -2.31. The van der Waals surface area contributed by atoms with Crippen LogP contribution in [0, 0.1) is 13.8 Å². The van der Waals surface area contributed by atoms with Gasteiger partial charge in [0.1, 0.15) is 5.75 Å². The first kappa shape index (κ1) is 14.8. The number of hydrogen-bond donors (Lipinski definition) is 1. The molecule has 100 valence electrons. The summed E-state index contributed by atoms with van der Waals surface area (Å²) in [6, 6.07) is 2.00. The van der Waals surface area contributed by atoms with Gasteiger partial charge >= 0.3 is 0 Å².